The Bertz CT molecular complexity index is 716. The van der Waals surface area contributed by atoms with Crippen molar-refractivity contribution in [2.24, 2.45) is 0 Å². The minimum atomic E-state index is -1.00. The number of ether oxygens (including phenoxy) is 1. The Balaban J connectivity index is 1.56. The summed E-state index contributed by atoms with van der Waals surface area (Å²) >= 11 is 6.36. The summed E-state index contributed by atoms with van der Waals surface area (Å²) in [4.78, 5) is 15.3. The van der Waals surface area contributed by atoms with Gasteiger partial charge in [-0.25, -0.2) is 4.79 Å². The Morgan fingerprint density at radius 1 is 1.08 bits per heavy atom. The van der Waals surface area contributed by atoms with Crippen LogP contribution >= 0.6 is 11.6 Å². The van der Waals surface area contributed by atoms with Crippen LogP contribution in [0.2, 0.25) is 5.02 Å². The van der Waals surface area contributed by atoms with E-state index in [4.69, 9.17) is 21.4 Å². The van der Waals surface area contributed by atoms with Crippen molar-refractivity contribution < 1.29 is 14.6 Å². The Labute approximate surface area is 152 Å². The molecule has 0 radical (unpaired) electrons. The minimum Gasteiger partial charge on any atom is -0.482 e. The zero-order valence-corrected chi connectivity index (χ0v) is 14.7. The lowest BCUT2D eigenvalue weighted by Crippen LogP contribution is -2.46. The van der Waals surface area contributed by atoms with Crippen molar-refractivity contribution in [1.29, 1.82) is 0 Å². The van der Waals surface area contributed by atoms with Crippen LogP contribution in [0.25, 0.3) is 0 Å². The fraction of sp³-hybridized carbons (Fsp3) is 0.316. The van der Waals surface area contributed by atoms with E-state index in [-0.39, 0.29) is 6.61 Å². The van der Waals surface area contributed by atoms with Gasteiger partial charge in [0.2, 0.25) is 0 Å². The van der Waals surface area contributed by atoms with E-state index in [9.17, 15) is 4.79 Å². The van der Waals surface area contributed by atoms with Crippen LogP contribution in [0.5, 0.6) is 5.75 Å². The van der Waals surface area contributed by atoms with Gasteiger partial charge in [0.25, 0.3) is 0 Å². The Kier molecular flexibility index (Phi) is 5.79. The number of nitrogens with zero attached hydrogens (tertiary/aromatic N) is 2. The van der Waals surface area contributed by atoms with Crippen molar-refractivity contribution >= 4 is 23.3 Å². The molecule has 1 fully saturated rings. The summed E-state index contributed by atoms with van der Waals surface area (Å²) in [5.41, 5.74) is 2.29. The SMILES string of the molecule is O=C(O)COc1ccc(N2CCN(Cc3ccccc3)CC2)c(Cl)c1. The molecule has 1 saturated heterocycles. The van der Waals surface area contributed by atoms with E-state index in [1.807, 2.05) is 12.1 Å². The third-order valence-corrected chi connectivity index (χ3v) is 4.55. The molecule has 0 aliphatic carbocycles. The molecule has 1 heterocycles. The van der Waals surface area contributed by atoms with E-state index in [1.165, 1.54) is 5.56 Å². The Morgan fingerprint density at radius 3 is 2.44 bits per heavy atom. The van der Waals surface area contributed by atoms with E-state index in [2.05, 4.69) is 34.1 Å². The van der Waals surface area contributed by atoms with Gasteiger partial charge in [-0.3, -0.25) is 4.90 Å². The summed E-state index contributed by atoms with van der Waals surface area (Å²) in [6.07, 6.45) is 0. The largest absolute Gasteiger partial charge is 0.482 e. The molecule has 25 heavy (non-hydrogen) atoms. The van der Waals surface area contributed by atoms with Crippen LogP contribution < -0.4 is 9.64 Å². The van der Waals surface area contributed by atoms with Crippen molar-refractivity contribution in [1.82, 2.24) is 4.90 Å². The van der Waals surface area contributed by atoms with Gasteiger partial charge in [0.15, 0.2) is 6.61 Å². The highest BCUT2D eigenvalue weighted by Crippen LogP contribution is 2.30. The van der Waals surface area contributed by atoms with Gasteiger partial charge in [-0.05, 0) is 17.7 Å². The van der Waals surface area contributed by atoms with Crippen LogP contribution in [-0.2, 0) is 11.3 Å². The van der Waals surface area contributed by atoms with Crippen LogP contribution in [0.4, 0.5) is 5.69 Å². The number of rotatable bonds is 6. The number of piperazine rings is 1. The zero-order valence-electron chi connectivity index (χ0n) is 13.9. The van der Waals surface area contributed by atoms with Crippen molar-refractivity contribution in [3.05, 3.63) is 59.1 Å². The first-order chi connectivity index (χ1) is 12.1. The first-order valence-corrected chi connectivity index (χ1v) is 8.65. The van der Waals surface area contributed by atoms with Gasteiger partial charge in [0.05, 0.1) is 10.7 Å². The molecule has 0 aromatic heterocycles. The molecule has 0 saturated carbocycles. The summed E-state index contributed by atoms with van der Waals surface area (Å²) in [6.45, 7) is 4.35. The van der Waals surface area contributed by atoms with E-state index < -0.39 is 5.97 Å². The summed E-state index contributed by atoms with van der Waals surface area (Å²) in [5.74, 6) is -0.534. The van der Waals surface area contributed by atoms with Crippen LogP contribution in [0.3, 0.4) is 0 Å². The number of carbonyl (C=O) groups is 1. The van der Waals surface area contributed by atoms with Crippen LogP contribution in [0.1, 0.15) is 5.56 Å². The van der Waals surface area contributed by atoms with Gasteiger partial charge >= 0.3 is 5.97 Å². The number of benzene rings is 2. The van der Waals surface area contributed by atoms with E-state index in [0.717, 1.165) is 38.4 Å². The molecule has 2 aromatic carbocycles. The van der Waals surface area contributed by atoms with Gasteiger partial charge in [-0.1, -0.05) is 41.9 Å². The standard InChI is InChI=1S/C19H21ClN2O3/c20-17-12-16(25-14-19(23)24)6-7-18(17)22-10-8-21(9-11-22)13-15-4-2-1-3-5-15/h1-7,12H,8-11,13-14H2,(H,23,24). The molecule has 0 atom stereocenters. The highest BCUT2D eigenvalue weighted by Gasteiger charge is 2.19. The highest BCUT2D eigenvalue weighted by molar-refractivity contribution is 6.33. The van der Waals surface area contributed by atoms with Crippen molar-refractivity contribution in [2.45, 2.75) is 6.54 Å². The number of aliphatic carboxylic acids is 1. The summed E-state index contributed by atoms with van der Waals surface area (Å²) in [6, 6.07) is 15.8. The lowest BCUT2D eigenvalue weighted by atomic mass is 10.2. The summed E-state index contributed by atoms with van der Waals surface area (Å²) in [7, 11) is 0. The molecule has 2 aromatic rings. The summed E-state index contributed by atoms with van der Waals surface area (Å²) in [5, 5.41) is 9.25. The lowest BCUT2D eigenvalue weighted by molar-refractivity contribution is -0.139. The van der Waals surface area contributed by atoms with Gasteiger partial charge < -0.3 is 14.7 Å². The summed E-state index contributed by atoms with van der Waals surface area (Å²) < 4.78 is 5.16. The lowest BCUT2D eigenvalue weighted by Gasteiger charge is -2.36. The third-order valence-electron chi connectivity index (χ3n) is 4.24. The highest BCUT2D eigenvalue weighted by atomic mass is 35.5. The second kappa shape index (κ2) is 8.23. The van der Waals surface area contributed by atoms with Crippen LogP contribution in [0, 0.1) is 0 Å². The molecule has 132 valence electrons. The molecule has 6 heteroatoms. The fourth-order valence-corrected chi connectivity index (χ4v) is 3.26. The molecule has 0 bridgehead atoms. The van der Waals surface area contributed by atoms with Crippen LogP contribution in [-0.4, -0.2) is 48.8 Å². The minimum absolute atomic E-state index is 0.367. The maximum absolute atomic E-state index is 10.6. The molecule has 1 N–H and O–H groups in total. The zero-order chi connectivity index (χ0) is 17.6. The van der Waals surface area contributed by atoms with Gasteiger partial charge in [0, 0.05) is 38.8 Å². The third kappa shape index (κ3) is 4.87. The quantitative estimate of drug-likeness (QED) is 0.857. The number of hydrogen-bond acceptors (Lipinski definition) is 4. The van der Waals surface area contributed by atoms with Gasteiger partial charge in [-0.2, -0.15) is 0 Å². The Morgan fingerprint density at radius 2 is 1.80 bits per heavy atom. The van der Waals surface area contributed by atoms with E-state index in [1.54, 1.807) is 12.1 Å². The number of anilines is 1. The predicted molar refractivity (Wildman–Crippen MR) is 98.5 cm³/mol. The van der Waals surface area contributed by atoms with Crippen LogP contribution in [0.15, 0.2) is 48.5 Å². The number of halogens is 1. The molecular weight excluding hydrogens is 340 g/mol. The monoisotopic (exact) mass is 360 g/mol. The second-order valence-electron chi connectivity index (χ2n) is 6.04. The first-order valence-electron chi connectivity index (χ1n) is 8.27. The average molecular weight is 361 g/mol. The molecule has 1 aliphatic rings. The van der Waals surface area contributed by atoms with Crippen molar-refractivity contribution in [2.75, 3.05) is 37.7 Å². The molecular formula is C19H21ClN2O3. The fourth-order valence-electron chi connectivity index (χ4n) is 2.97. The number of carboxylic acids is 1. The van der Waals surface area contributed by atoms with Gasteiger partial charge in [-0.15, -0.1) is 0 Å². The average Bonchev–Trinajstić information content (AvgIpc) is 2.62. The van der Waals surface area contributed by atoms with E-state index >= 15 is 0 Å². The molecule has 5 nitrogen and oxygen atoms in total. The predicted octanol–water partition coefficient (Wildman–Crippen LogP) is 3.13. The Hall–Kier alpha value is -2.24. The molecule has 3 rings (SSSR count). The van der Waals surface area contributed by atoms with Crippen molar-refractivity contribution in [3.8, 4) is 5.75 Å². The smallest absolute Gasteiger partial charge is 0.341 e. The maximum atomic E-state index is 10.6. The second-order valence-corrected chi connectivity index (χ2v) is 6.45. The number of carboxylic acid groups (broad SMARTS) is 1. The van der Waals surface area contributed by atoms with Crippen molar-refractivity contribution in [3.63, 3.8) is 0 Å². The molecule has 0 unspecified atom stereocenters. The normalized spacial score (nSPS) is 15.2. The molecule has 0 spiro atoms. The maximum Gasteiger partial charge on any atom is 0.341 e. The molecule has 1 aliphatic heterocycles. The van der Waals surface area contributed by atoms with Gasteiger partial charge in [0.1, 0.15) is 5.75 Å². The molecule has 0 amide bonds. The topological polar surface area (TPSA) is 53.0 Å². The van der Waals surface area contributed by atoms with E-state index in [0.29, 0.717) is 10.8 Å². The first kappa shape index (κ1) is 17.6. The number of hydrogen-bond donors (Lipinski definition) is 1.